The summed E-state index contributed by atoms with van der Waals surface area (Å²) in [5, 5.41) is 2.62. The van der Waals surface area contributed by atoms with Gasteiger partial charge >= 0.3 is 5.97 Å². The number of ether oxygens (including phenoxy) is 1. The molecule has 0 aliphatic carbocycles. The molecule has 0 spiro atoms. The van der Waals surface area contributed by atoms with E-state index in [1.54, 1.807) is 38.1 Å². The number of amides is 2. The number of nitrogens with zero attached hydrogens (tertiary/aromatic N) is 1. The zero-order chi connectivity index (χ0) is 16.5. The predicted octanol–water partition coefficient (Wildman–Crippen LogP) is 1.59. The van der Waals surface area contributed by atoms with Crippen LogP contribution in [-0.2, 0) is 14.3 Å². The third-order valence-corrected chi connectivity index (χ3v) is 3.32. The number of carbonyl (C=O) groups is 3. The van der Waals surface area contributed by atoms with Crippen LogP contribution < -0.4 is 5.32 Å². The molecule has 1 rings (SSSR count). The van der Waals surface area contributed by atoms with Crippen LogP contribution in [0.3, 0.4) is 0 Å². The number of carbonyl (C=O) groups excluding carboxylic acids is 3. The fraction of sp³-hybridized carbons (Fsp3) is 0.400. The van der Waals surface area contributed by atoms with Crippen molar-refractivity contribution in [2.75, 3.05) is 26.2 Å². The zero-order valence-corrected chi connectivity index (χ0v) is 14.2. The van der Waals surface area contributed by atoms with E-state index in [4.69, 9.17) is 4.74 Å². The Morgan fingerprint density at radius 2 is 2.00 bits per heavy atom. The smallest absolute Gasteiger partial charge is 0.338 e. The number of hydrogen-bond acceptors (Lipinski definition) is 4. The van der Waals surface area contributed by atoms with Gasteiger partial charge in [0.2, 0.25) is 5.91 Å². The van der Waals surface area contributed by atoms with Crippen molar-refractivity contribution < 1.29 is 19.1 Å². The lowest BCUT2D eigenvalue weighted by atomic mass is 10.2. The van der Waals surface area contributed by atoms with Crippen LogP contribution in [0.25, 0.3) is 0 Å². The first kappa shape index (κ1) is 18.2. The van der Waals surface area contributed by atoms with Crippen molar-refractivity contribution in [1.29, 1.82) is 0 Å². The summed E-state index contributed by atoms with van der Waals surface area (Å²) in [6, 6.07) is 6.70. The Morgan fingerprint density at radius 3 is 2.59 bits per heavy atom. The van der Waals surface area contributed by atoms with Crippen molar-refractivity contribution in [3.63, 3.8) is 0 Å². The predicted molar refractivity (Wildman–Crippen MR) is 85.4 cm³/mol. The third-order valence-electron chi connectivity index (χ3n) is 2.83. The number of rotatable bonds is 7. The average Bonchev–Trinajstić information content (AvgIpc) is 2.50. The number of likely N-dealkylation sites (N-methyl/N-ethyl adjacent to an activating group) is 2. The summed E-state index contributed by atoms with van der Waals surface area (Å²) >= 11 is 3.26. The van der Waals surface area contributed by atoms with Crippen LogP contribution in [0.1, 0.15) is 24.2 Å². The van der Waals surface area contributed by atoms with Gasteiger partial charge in [0.1, 0.15) is 0 Å². The molecule has 0 heterocycles. The van der Waals surface area contributed by atoms with Gasteiger partial charge in [0.25, 0.3) is 5.91 Å². The maximum atomic E-state index is 12.0. The van der Waals surface area contributed by atoms with E-state index in [0.717, 1.165) is 4.47 Å². The van der Waals surface area contributed by atoms with E-state index in [2.05, 4.69) is 21.2 Å². The number of halogens is 1. The van der Waals surface area contributed by atoms with Gasteiger partial charge in [-0.3, -0.25) is 9.59 Å². The highest BCUT2D eigenvalue weighted by atomic mass is 79.9. The molecule has 0 atom stereocenters. The largest absolute Gasteiger partial charge is 0.452 e. The molecule has 7 heteroatoms. The summed E-state index contributed by atoms with van der Waals surface area (Å²) in [5.74, 6) is -1.23. The molecule has 0 saturated heterocycles. The molecule has 0 aromatic heterocycles. The summed E-state index contributed by atoms with van der Waals surface area (Å²) in [6.45, 7) is 3.99. The lowest BCUT2D eigenvalue weighted by molar-refractivity contribution is -0.138. The van der Waals surface area contributed by atoms with Gasteiger partial charge in [0.05, 0.1) is 12.1 Å². The summed E-state index contributed by atoms with van der Waals surface area (Å²) in [5.41, 5.74) is 0.356. The highest BCUT2D eigenvalue weighted by Gasteiger charge is 2.17. The number of nitrogens with one attached hydrogen (secondary N) is 1. The Bertz CT molecular complexity index is 548. The van der Waals surface area contributed by atoms with E-state index < -0.39 is 18.5 Å². The molecule has 0 radical (unpaired) electrons. The van der Waals surface area contributed by atoms with E-state index in [1.807, 2.05) is 0 Å². The van der Waals surface area contributed by atoms with Crippen LogP contribution in [0.2, 0.25) is 0 Å². The fourth-order valence-corrected chi connectivity index (χ4v) is 2.12. The number of esters is 1. The second kappa shape index (κ2) is 9.19. The maximum Gasteiger partial charge on any atom is 0.338 e. The van der Waals surface area contributed by atoms with Crippen molar-refractivity contribution in [2.24, 2.45) is 0 Å². The minimum absolute atomic E-state index is 0.0440. The third kappa shape index (κ3) is 5.85. The van der Waals surface area contributed by atoms with E-state index in [0.29, 0.717) is 18.7 Å². The van der Waals surface area contributed by atoms with Crippen LogP contribution in [0.5, 0.6) is 0 Å². The van der Waals surface area contributed by atoms with Crippen molar-refractivity contribution in [2.45, 2.75) is 13.8 Å². The normalized spacial score (nSPS) is 9.95. The molecule has 0 saturated carbocycles. The van der Waals surface area contributed by atoms with Gasteiger partial charge < -0.3 is 15.0 Å². The highest BCUT2D eigenvalue weighted by molar-refractivity contribution is 9.10. The molecule has 0 aliphatic heterocycles. The van der Waals surface area contributed by atoms with Crippen molar-refractivity contribution >= 4 is 33.7 Å². The Kier molecular flexibility index (Phi) is 7.59. The molecule has 0 bridgehead atoms. The van der Waals surface area contributed by atoms with Crippen LogP contribution in [-0.4, -0.2) is 48.9 Å². The first-order chi connectivity index (χ1) is 10.5. The van der Waals surface area contributed by atoms with Crippen LogP contribution in [0.4, 0.5) is 0 Å². The molecule has 22 heavy (non-hydrogen) atoms. The Morgan fingerprint density at radius 1 is 1.27 bits per heavy atom. The van der Waals surface area contributed by atoms with Crippen LogP contribution >= 0.6 is 15.9 Å². The molecule has 2 amide bonds. The molecular weight excluding hydrogens is 352 g/mol. The van der Waals surface area contributed by atoms with E-state index in [-0.39, 0.29) is 12.5 Å². The Hall–Kier alpha value is -1.89. The van der Waals surface area contributed by atoms with Gasteiger partial charge in [-0.25, -0.2) is 4.79 Å². The van der Waals surface area contributed by atoms with Gasteiger partial charge in [-0.05, 0) is 32.0 Å². The molecule has 0 fully saturated rings. The molecule has 0 unspecified atom stereocenters. The molecule has 1 N–H and O–H groups in total. The van der Waals surface area contributed by atoms with Gasteiger partial charge in [-0.2, -0.15) is 0 Å². The first-order valence-electron chi connectivity index (χ1n) is 6.95. The van der Waals surface area contributed by atoms with Crippen molar-refractivity contribution in [1.82, 2.24) is 10.2 Å². The number of hydrogen-bond donors (Lipinski definition) is 1. The minimum Gasteiger partial charge on any atom is -0.452 e. The standard InChI is InChI=1S/C15H19BrN2O4/c1-3-17-13(19)9-18(4-2)14(20)10-22-15(21)11-6-5-7-12(16)8-11/h5-8H,3-4,9-10H2,1-2H3,(H,17,19). The highest BCUT2D eigenvalue weighted by Crippen LogP contribution is 2.12. The van der Waals surface area contributed by atoms with E-state index in [1.165, 1.54) is 4.90 Å². The van der Waals surface area contributed by atoms with E-state index in [9.17, 15) is 14.4 Å². The molecule has 6 nitrogen and oxygen atoms in total. The van der Waals surface area contributed by atoms with Gasteiger partial charge in [0.15, 0.2) is 6.61 Å². The molecular formula is C15H19BrN2O4. The van der Waals surface area contributed by atoms with Gasteiger partial charge in [-0.15, -0.1) is 0 Å². The van der Waals surface area contributed by atoms with Gasteiger partial charge in [0, 0.05) is 17.6 Å². The SMILES string of the molecule is CCNC(=O)CN(CC)C(=O)COC(=O)c1cccc(Br)c1. The summed E-state index contributed by atoms with van der Waals surface area (Å²) in [4.78, 5) is 36.6. The second-order valence-corrected chi connectivity index (χ2v) is 5.36. The van der Waals surface area contributed by atoms with E-state index >= 15 is 0 Å². The lowest BCUT2D eigenvalue weighted by Gasteiger charge is -2.20. The van der Waals surface area contributed by atoms with Crippen LogP contribution in [0.15, 0.2) is 28.7 Å². The first-order valence-corrected chi connectivity index (χ1v) is 7.74. The molecule has 0 aliphatic rings. The average molecular weight is 371 g/mol. The van der Waals surface area contributed by atoms with Gasteiger partial charge in [-0.1, -0.05) is 22.0 Å². The van der Waals surface area contributed by atoms with Crippen molar-refractivity contribution in [3.05, 3.63) is 34.3 Å². The van der Waals surface area contributed by atoms with Crippen molar-refractivity contribution in [3.8, 4) is 0 Å². The Labute approximate surface area is 137 Å². The quantitative estimate of drug-likeness (QED) is 0.739. The summed E-state index contributed by atoms with van der Waals surface area (Å²) < 4.78 is 5.74. The number of benzene rings is 1. The lowest BCUT2D eigenvalue weighted by Crippen LogP contribution is -2.42. The second-order valence-electron chi connectivity index (χ2n) is 4.45. The fourth-order valence-electron chi connectivity index (χ4n) is 1.72. The zero-order valence-electron chi connectivity index (χ0n) is 12.6. The monoisotopic (exact) mass is 370 g/mol. The molecule has 1 aromatic carbocycles. The van der Waals surface area contributed by atoms with Crippen LogP contribution in [0, 0.1) is 0 Å². The summed E-state index contributed by atoms with van der Waals surface area (Å²) in [6.07, 6.45) is 0. The minimum atomic E-state index is -0.580. The topological polar surface area (TPSA) is 75.7 Å². The molecule has 1 aromatic rings. The maximum absolute atomic E-state index is 12.0. The summed E-state index contributed by atoms with van der Waals surface area (Å²) in [7, 11) is 0. The molecule has 120 valence electrons. The Balaban J connectivity index is 2.53.